The molecule has 1 amide bonds. The van der Waals surface area contributed by atoms with Gasteiger partial charge in [0.05, 0.1) is 18.9 Å². The fourth-order valence-electron chi connectivity index (χ4n) is 4.06. The van der Waals surface area contributed by atoms with Gasteiger partial charge >= 0.3 is 12.1 Å². The van der Waals surface area contributed by atoms with Crippen molar-refractivity contribution < 1.29 is 37.0 Å². The third-order valence-corrected chi connectivity index (χ3v) is 5.70. The summed E-state index contributed by atoms with van der Waals surface area (Å²) in [5.41, 5.74) is 1.45. The summed E-state index contributed by atoms with van der Waals surface area (Å²) in [5.74, 6) is -2.25. The number of amides is 1. The maximum Gasteiger partial charge on any atom is 0.490 e. The van der Waals surface area contributed by atoms with Crippen molar-refractivity contribution in [3.63, 3.8) is 0 Å². The van der Waals surface area contributed by atoms with Gasteiger partial charge in [-0.25, -0.2) is 14.2 Å². The molecule has 34 heavy (non-hydrogen) atoms. The number of carbonyl (C=O) groups excluding carboxylic acids is 1. The van der Waals surface area contributed by atoms with E-state index in [-0.39, 0.29) is 17.8 Å². The number of benzene rings is 1. The first-order valence-electron chi connectivity index (χ1n) is 10.6. The molecule has 0 unspecified atom stereocenters. The fourth-order valence-corrected chi connectivity index (χ4v) is 4.06. The molecule has 0 aliphatic carbocycles. The van der Waals surface area contributed by atoms with E-state index >= 15 is 0 Å². The molecule has 2 aromatic rings. The quantitative estimate of drug-likeness (QED) is 0.629. The van der Waals surface area contributed by atoms with Gasteiger partial charge in [0.1, 0.15) is 11.5 Å². The summed E-state index contributed by atoms with van der Waals surface area (Å²) in [6, 6.07) is 6.71. The van der Waals surface area contributed by atoms with Crippen LogP contribution in [0, 0.1) is 17.7 Å². The number of ether oxygens (including phenoxy) is 1. The minimum Gasteiger partial charge on any atom is -0.475 e. The molecule has 1 aromatic carbocycles. The third-order valence-electron chi connectivity index (χ3n) is 5.70. The Morgan fingerprint density at radius 2 is 1.91 bits per heavy atom. The molecule has 2 aliphatic heterocycles. The molecule has 12 heteroatoms. The Kier molecular flexibility index (Phi) is 8.51. The van der Waals surface area contributed by atoms with Crippen LogP contribution < -0.4 is 5.32 Å². The lowest BCUT2D eigenvalue weighted by Gasteiger charge is -2.35. The number of nitrogens with one attached hydrogen (secondary N) is 1. The molecule has 3 heterocycles. The van der Waals surface area contributed by atoms with Crippen LogP contribution in [0.5, 0.6) is 0 Å². The van der Waals surface area contributed by atoms with Gasteiger partial charge in [-0.2, -0.15) is 13.2 Å². The first kappa shape index (κ1) is 25.5. The summed E-state index contributed by atoms with van der Waals surface area (Å²) >= 11 is 0. The Hall–Kier alpha value is -3.12. The Morgan fingerprint density at radius 1 is 1.21 bits per heavy atom. The van der Waals surface area contributed by atoms with Crippen LogP contribution in [0.25, 0.3) is 0 Å². The summed E-state index contributed by atoms with van der Waals surface area (Å²) in [4.78, 5) is 31.4. The minimum absolute atomic E-state index is 0.0450. The zero-order valence-corrected chi connectivity index (χ0v) is 18.0. The highest BCUT2D eigenvalue weighted by atomic mass is 19.4. The maximum atomic E-state index is 13.1. The predicted octanol–water partition coefficient (Wildman–Crippen LogP) is 2.52. The molecule has 8 nitrogen and oxygen atoms in total. The molecule has 2 saturated heterocycles. The van der Waals surface area contributed by atoms with Gasteiger partial charge in [0.2, 0.25) is 0 Å². The van der Waals surface area contributed by atoms with Crippen molar-refractivity contribution in [2.45, 2.75) is 25.2 Å². The lowest BCUT2D eigenvalue weighted by atomic mass is 9.84. The number of carbonyl (C=O) groups is 2. The van der Waals surface area contributed by atoms with Gasteiger partial charge in [0, 0.05) is 37.9 Å². The number of likely N-dealkylation sites (tertiary alicyclic amines) is 1. The number of halogens is 4. The Balaban J connectivity index is 0.000000406. The highest BCUT2D eigenvalue weighted by Gasteiger charge is 2.41. The van der Waals surface area contributed by atoms with Gasteiger partial charge in [0.25, 0.3) is 5.91 Å². The van der Waals surface area contributed by atoms with E-state index in [2.05, 4.69) is 20.2 Å². The highest BCUT2D eigenvalue weighted by molar-refractivity contribution is 5.91. The molecule has 0 saturated carbocycles. The third kappa shape index (κ3) is 7.19. The zero-order chi connectivity index (χ0) is 24.7. The van der Waals surface area contributed by atoms with E-state index in [1.54, 1.807) is 6.20 Å². The van der Waals surface area contributed by atoms with Crippen molar-refractivity contribution in [1.29, 1.82) is 0 Å². The summed E-state index contributed by atoms with van der Waals surface area (Å²) < 4.78 is 50.8. The molecule has 1 aromatic heterocycles. The number of hydrogen-bond acceptors (Lipinski definition) is 6. The van der Waals surface area contributed by atoms with E-state index in [1.165, 1.54) is 24.5 Å². The van der Waals surface area contributed by atoms with Crippen molar-refractivity contribution >= 4 is 11.9 Å². The number of piperidine rings is 1. The lowest BCUT2D eigenvalue weighted by molar-refractivity contribution is -0.192. The molecule has 0 spiro atoms. The number of carboxylic acid groups (broad SMARTS) is 1. The summed E-state index contributed by atoms with van der Waals surface area (Å²) in [5, 5.41) is 10.0. The van der Waals surface area contributed by atoms with Crippen LogP contribution in [0.1, 0.15) is 22.5 Å². The van der Waals surface area contributed by atoms with Crippen LogP contribution >= 0.6 is 0 Å². The number of rotatable bonds is 5. The second kappa shape index (κ2) is 11.3. The number of hydrogen-bond donors (Lipinski definition) is 2. The molecule has 4 rings (SSSR count). The average molecular weight is 484 g/mol. The first-order valence-corrected chi connectivity index (χ1v) is 10.6. The van der Waals surface area contributed by atoms with Crippen molar-refractivity contribution in [3.8, 4) is 0 Å². The Labute approximate surface area is 193 Å². The second-order valence-corrected chi connectivity index (χ2v) is 8.05. The summed E-state index contributed by atoms with van der Waals surface area (Å²) in [6.45, 7) is 4.00. The Morgan fingerprint density at radius 3 is 2.53 bits per heavy atom. The number of nitrogens with zero attached hydrogens (tertiary/aromatic N) is 3. The van der Waals surface area contributed by atoms with E-state index in [1.807, 2.05) is 12.1 Å². The summed E-state index contributed by atoms with van der Waals surface area (Å²) in [7, 11) is 0. The monoisotopic (exact) mass is 484 g/mol. The van der Waals surface area contributed by atoms with Crippen molar-refractivity contribution in [2.24, 2.45) is 11.8 Å². The normalized spacial score (nSPS) is 22.3. The van der Waals surface area contributed by atoms with Crippen LogP contribution in [-0.4, -0.2) is 70.4 Å². The number of aromatic nitrogens is 2. The van der Waals surface area contributed by atoms with E-state index in [0.29, 0.717) is 24.1 Å². The van der Waals surface area contributed by atoms with Crippen LogP contribution in [0.15, 0.2) is 42.9 Å². The SMILES string of the molecule is O=C(NC[C@H]1OC[C@@H]2CN(Cc3ccc(F)cc3)CC[C@@H]21)c1cnccn1.O=C(O)C(F)(F)F. The van der Waals surface area contributed by atoms with E-state index in [0.717, 1.165) is 38.2 Å². The summed E-state index contributed by atoms with van der Waals surface area (Å²) in [6.07, 6.45) is 0.511. The molecular formula is C22H24F4N4O4. The van der Waals surface area contributed by atoms with Crippen molar-refractivity contribution in [3.05, 3.63) is 59.9 Å². The molecule has 3 atom stereocenters. The molecule has 2 fully saturated rings. The molecule has 2 N–H and O–H groups in total. The van der Waals surface area contributed by atoms with Crippen LogP contribution in [0.3, 0.4) is 0 Å². The second-order valence-electron chi connectivity index (χ2n) is 8.05. The first-order chi connectivity index (χ1) is 16.1. The van der Waals surface area contributed by atoms with E-state index < -0.39 is 12.1 Å². The Bertz CT molecular complexity index is 960. The largest absolute Gasteiger partial charge is 0.490 e. The highest BCUT2D eigenvalue weighted by Crippen LogP contribution is 2.34. The van der Waals surface area contributed by atoms with Crippen LogP contribution in [0.2, 0.25) is 0 Å². The topological polar surface area (TPSA) is 105 Å². The molecule has 0 radical (unpaired) electrons. The van der Waals surface area contributed by atoms with Gasteiger partial charge < -0.3 is 15.2 Å². The van der Waals surface area contributed by atoms with Gasteiger partial charge in [0.15, 0.2) is 0 Å². The maximum absolute atomic E-state index is 13.1. The molecule has 184 valence electrons. The van der Waals surface area contributed by atoms with E-state index in [4.69, 9.17) is 14.6 Å². The van der Waals surface area contributed by atoms with Crippen LogP contribution in [0.4, 0.5) is 17.6 Å². The van der Waals surface area contributed by atoms with Crippen LogP contribution in [-0.2, 0) is 16.1 Å². The molecule has 0 bridgehead atoms. The van der Waals surface area contributed by atoms with Gasteiger partial charge in [-0.15, -0.1) is 0 Å². The number of carboxylic acids is 1. The van der Waals surface area contributed by atoms with Gasteiger partial charge in [-0.05, 0) is 36.6 Å². The lowest BCUT2D eigenvalue weighted by Crippen LogP contribution is -2.43. The van der Waals surface area contributed by atoms with Gasteiger partial charge in [-0.1, -0.05) is 12.1 Å². The molecular weight excluding hydrogens is 460 g/mol. The standard InChI is InChI=1S/C20H23FN4O2.C2HF3O2/c21-16-3-1-14(2-4-16)11-25-8-5-17-15(12-25)13-27-19(17)10-24-20(26)18-9-22-6-7-23-18;3-2(4,5)1(6)7/h1-4,6-7,9,15,17,19H,5,8,10-13H2,(H,24,26);(H,6,7)/t15-,17-,19+;/m0./s1. The molecule has 2 aliphatic rings. The zero-order valence-electron chi connectivity index (χ0n) is 18.0. The predicted molar refractivity (Wildman–Crippen MR) is 111 cm³/mol. The number of fused-ring (bicyclic) bond motifs is 1. The van der Waals surface area contributed by atoms with Gasteiger partial charge in [-0.3, -0.25) is 14.7 Å². The smallest absolute Gasteiger partial charge is 0.475 e. The number of alkyl halides is 3. The van der Waals surface area contributed by atoms with E-state index in [9.17, 15) is 22.4 Å². The minimum atomic E-state index is -5.08. The van der Waals surface area contributed by atoms with Crippen molar-refractivity contribution in [1.82, 2.24) is 20.2 Å². The average Bonchev–Trinajstić information content (AvgIpc) is 3.21. The number of aliphatic carboxylic acids is 1. The van der Waals surface area contributed by atoms with Crippen molar-refractivity contribution in [2.75, 3.05) is 26.2 Å². The fraction of sp³-hybridized carbons (Fsp3) is 0.455.